The van der Waals surface area contributed by atoms with Gasteiger partial charge in [0.2, 0.25) is 0 Å². The molecule has 9 nitrogen and oxygen atoms in total. The lowest BCUT2D eigenvalue weighted by Crippen LogP contribution is -2.30. The molecule has 1 amide bonds. The van der Waals surface area contributed by atoms with Crippen LogP contribution in [0.3, 0.4) is 0 Å². The quantitative estimate of drug-likeness (QED) is 0.107. The molecule has 9 heteroatoms. The van der Waals surface area contributed by atoms with E-state index >= 15 is 0 Å². The summed E-state index contributed by atoms with van der Waals surface area (Å²) in [6, 6.07) is 43.1. The van der Waals surface area contributed by atoms with Crippen molar-refractivity contribution in [2.24, 2.45) is 0 Å². The second-order valence-corrected chi connectivity index (χ2v) is 13.1. The number of carbonyl (C=O) groups is 2. The standard InChI is InChI=1S/C47H39N3O6/c1-53-33-25-34(54-2)40-37(28-17-9-5-10-18-28)43(30-21-13-7-14-22-30)49-45(40)39(33)32(51)27-48-47(52)42-36(56-4)26-35(55-3)41-38(29-19-11-6-12-20-29)44(50-46(41)42)31-23-15-8-16-24-31/h5-26,49-50H,27H2,1-4H3,(H,48,52). The minimum absolute atomic E-state index is 0.236. The van der Waals surface area contributed by atoms with E-state index in [9.17, 15) is 9.59 Å². The predicted molar refractivity (Wildman–Crippen MR) is 221 cm³/mol. The number of H-pyrrole nitrogens is 2. The van der Waals surface area contributed by atoms with Crippen LogP contribution in [0.15, 0.2) is 133 Å². The van der Waals surface area contributed by atoms with Crippen molar-refractivity contribution < 1.29 is 28.5 Å². The average Bonchev–Trinajstić information content (AvgIpc) is 3.86. The highest BCUT2D eigenvalue weighted by molar-refractivity contribution is 6.20. The number of amides is 1. The van der Waals surface area contributed by atoms with Gasteiger partial charge in [-0.1, -0.05) is 121 Å². The normalized spacial score (nSPS) is 11.1. The van der Waals surface area contributed by atoms with Gasteiger partial charge in [0.1, 0.15) is 28.6 Å². The van der Waals surface area contributed by atoms with Crippen LogP contribution >= 0.6 is 0 Å². The van der Waals surface area contributed by atoms with Gasteiger partial charge in [-0.3, -0.25) is 9.59 Å². The Morgan fingerprint density at radius 1 is 0.482 bits per heavy atom. The number of ketones is 1. The van der Waals surface area contributed by atoms with Crippen LogP contribution in [0.5, 0.6) is 23.0 Å². The number of fused-ring (bicyclic) bond motifs is 2. The molecule has 0 bridgehead atoms. The number of hydrogen-bond donors (Lipinski definition) is 3. The number of nitrogens with one attached hydrogen (secondary N) is 3. The van der Waals surface area contributed by atoms with Crippen molar-refractivity contribution in [3.05, 3.63) is 145 Å². The van der Waals surface area contributed by atoms with E-state index in [0.717, 1.165) is 50.2 Å². The Morgan fingerprint density at radius 3 is 1.23 bits per heavy atom. The van der Waals surface area contributed by atoms with E-state index < -0.39 is 5.91 Å². The molecule has 0 unspecified atom stereocenters. The van der Waals surface area contributed by atoms with Gasteiger partial charge in [-0.15, -0.1) is 0 Å². The molecule has 0 aliphatic rings. The Balaban J connectivity index is 1.25. The minimum atomic E-state index is -0.506. The second-order valence-electron chi connectivity index (χ2n) is 13.1. The molecule has 6 aromatic carbocycles. The molecule has 0 saturated carbocycles. The number of aromatic nitrogens is 2. The van der Waals surface area contributed by atoms with Gasteiger partial charge in [-0.2, -0.15) is 0 Å². The molecule has 8 rings (SSSR count). The third-order valence-corrected chi connectivity index (χ3v) is 10.1. The number of ether oxygens (including phenoxy) is 4. The lowest BCUT2D eigenvalue weighted by molar-refractivity contribution is 0.0902. The van der Waals surface area contributed by atoms with Gasteiger partial charge in [0.05, 0.1) is 73.7 Å². The first-order chi connectivity index (χ1) is 27.5. The minimum Gasteiger partial charge on any atom is -0.496 e. The van der Waals surface area contributed by atoms with Gasteiger partial charge < -0.3 is 34.2 Å². The summed E-state index contributed by atoms with van der Waals surface area (Å²) in [6.07, 6.45) is 0. The van der Waals surface area contributed by atoms with Gasteiger partial charge in [0.25, 0.3) is 5.91 Å². The van der Waals surface area contributed by atoms with Gasteiger partial charge in [0.15, 0.2) is 5.78 Å². The molecule has 0 fully saturated rings. The number of rotatable bonds is 12. The Labute approximate surface area is 323 Å². The Bertz CT molecular complexity index is 2520. The van der Waals surface area contributed by atoms with Crippen LogP contribution in [-0.4, -0.2) is 56.6 Å². The molecule has 0 spiro atoms. The maximum atomic E-state index is 14.5. The molecule has 2 aromatic heterocycles. The summed E-state index contributed by atoms with van der Waals surface area (Å²) >= 11 is 0. The zero-order chi connectivity index (χ0) is 38.8. The Morgan fingerprint density at radius 2 is 0.839 bits per heavy atom. The number of methoxy groups -OCH3 is 4. The molecule has 0 atom stereocenters. The fourth-order valence-electron chi connectivity index (χ4n) is 7.55. The highest BCUT2D eigenvalue weighted by atomic mass is 16.5. The van der Waals surface area contributed by atoms with Crippen molar-refractivity contribution in [2.45, 2.75) is 0 Å². The van der Waals surface area contributed by atoms with Crippen molar-refractivity contribution in [1.82, 2.24) is 15.3 Å². The molecule has 56 heavy (non-hydrogen) atoms. The number of hydrogen-bond acceptors (Lipinski definition) is 6. The molecular weight excluding hydrogens is 703 g/mol. The van der Waals surface area contributed by atoms with Crippen molar-refractivity contribution >= 4 is 33.5 Å². The van der Waals surface area contributed by atoms with Crippen LogP contribution in [0.2, 0.25) is 0 Å². The zero-order valence-corrected chi connectivity index (χ0v) is 31.4. The zero-order valence-electron chi connectivity index (χ0n) is 31.4. The summed E-state index contributed by atoms with van der Waals surface area (Å²) in [7, 11) is 6.19. The van der Waals surface area contributed by atoms with Gasteiger partial charge in [0, 0.05) is 23.3 Å². The summed E-state index contributed by atoms with van der Waals surface area (Å²) in [5, 5.41) is 4.34. The molecular formula is C47H39N3O6. The fourth-order valence-corrected chi connectivity index (χ4v) is 7.55. The van der Waals surface area contributed by atoms with E-state index in [1.807, 2.05) is 121 Å². The summed E-state index contributed by atoms with van der Waals surface area (Å²) in [6.45, 7) is -0.342. The summed E-state index contributed by atoms with van der Waals surface area (Å²) in [4.78, 5) is 36.1. The van der Waals surface area contributed by atoms with Gasteiger partial charge in [-0.05, 0) is 22.3 Å². The number of benzene rings is 6. The molecule has 0 saturated heterocycles. The van der Waals surface area contributed by atoms with Crippen molar-refractivity contribution in [2.75, 3.05) is 35.0 Å². The number of carbonyl (C=O) groups excluding carboxylic acids is 2. The topological polar surface area (TPSA) is 115 Å². The van der Waals surface area contributed by atoms with E-state index in [-0.39, 0.29) is 29.2 Å². The largest absolute Gasteiger partial charge is 0.496 e. The predicted octanol–water partition coefficient (Wildman–Crippen LogP) is 9.96. The Kier molecular flexibility index (Phi) is 9.73. The van der Waals surface area contributed by atoms with Crippen molar-refractivity contribution in [3.8, 4) is 67.8 Å². The van der Waals surface area contributed by atoms with Crippen LogP contribution in [0.25, 0.3) is 66.6 Å². The van der Waals surface area contributed by atoms with E-state index in [1.165, 1.54) is 14.2 Å². The molecule has 3 N–H and O–H groups in total. The Hall–Kier alpha value is -7.26. The first-order valence-electron chi connectivity index (χ1n) is 18.1. The SMILES string of the molecule is COc1cc(OC)c2c(-c3ccccc3)c(-c3ccccc3)[nH]c2c1C(=O)CNC(=O)c1c(OC)cc(OC)c2c(-c3ccccc3)c(-c3ccccc3)[nH]c12. The van der Waals surface area contributed by atoms with Crippen LogP contribution in [0.4, 0.5) is 0 Å². The van der Waals surface area contributed by atoms with E-state index in [0.29, 0.717) is 33.7 Å². The smallest absolute Gasteiger partial charge is 0.257 e. The first kappa shape index (κ1) is 35.8. The summed E-state index contributed by atoms with van der Waals surface area (Å²) in [5.41, 5.74) is 8.69. The molecule has 2 heterocycles. The van der Waals surface area contributed by atoms with Crippen molar-refractivity contribution in [3.63, 3.8) is 0 Å². The first-order valence-corrected chi connectivity index (χ1v) is 18.1. The van der Waals surface area contributed by atoms with Crippen molar-refractivity contribution in [1.29, 1.82) is 0 Å². The third kappa shape index (κ3) is 6.18. The van der Waals surface area contributed by atoms with Crippen LogP contribution in [0.1, 0.15) is 20.7 Å². The van der Waals surface area contributed by atoms with Gasteiger partial charge in [-0.25, -0.2) is 0 Å². The highest BCUT2D eigenvalue weighted by Gasteiger charge is 2.29. The summed E-state index contributed by atoms with van der Waals surface area (Å²) < 4.78 is 23.5. The van der Waals surface area contributed by atoms with Crippen LogP contribution in [0, 0.1) is 0 Å². The monoisotopic (exact) mass is 741 g/mol. The third-order valence-electron chi connectivity index (χ3n) is 10.1. The lowest BCUT2D eigenvalue weighted by Gasteiger charge is -2.15. The maximum absolute atomic E-state index is 14.5. The summed E-state index contributed by atoms with van der Waals surface area (Å²) in [5.74, 6) is 0.788. The number of aromatic amines is 2. The number of Topliss-reactive ketones (excluding diaryl/α,β-unsaturated/α-hetero) is 1. The van der Waals surface area contributed by atoms with E-state index in [2.05, 4.69) is 15.3 Å². The van der Waals surface area contributed by atoms with Crippen LogP contribution in [-0.2, 0) is 0 Å². The fraction of sp³-hybridized carbons (Fsp3) is 0.106. The highest BCUT2D eigenvalue weighted by Crippen LogP contribution is 2.48. The van der Waals surface area contributed by atoms with E-state index in [4.69, 9.17) is 18.9 Å². The molecule has 0 radical (unpaired) electrons. The average molecular weight is 742 g/mol. The molecule has 0 aliphatic heterocycles. The second kappa shape index (κ2) is 15.2. The molecule has 8 aromatic rings. The molecule has 278 valence electrons. The maximum Gasteiger partial charge on any atom is 0.257 e. The lowest BCUT2D eigenvalue weighted by atomic mass is 9.96. The van der Waals surface area contributed by atoms with Gasteiger partial charge >= 0.3 is 0 Å². The van der Waals surface area contributed by atoms with Crippen LogP contribution < -0.4 is 24.3 Å². The van der Waals surface area contributed by atoms with E-state index in [1.54, 1.807) is 26.4 Å². The molecule has 0 aliphatic carbocycles.